The number of rotatable bonds is 2. The van der Waals surface area contributed by atoms with Gasteiger partial charge in [-0.05, 0) is 5.56 Å². The zero-order chi connectivity index (χ0) is 11.4. The van der Waals surface area contributed by atoms with Gasteiger partial charge in [0.25, 0.3) is 0 Å². The van der Waals surface area contributed by atoms with Crippen molar-refractivity contribution < 1.29 is 19.5 Å². The van der Waals surface area contributed by atoms with Crippen LogP contribution >= 0.6 is 0 Å². The molecule has 1 aliphatic heterocycles. The lowest BCUT2D eigenvalue weighted by molar-refractivity contribution is 0.0853. The van der Waals surface area contributed by atoms with Crippen LogP contribution < -0.4 is 0 Å². The average Bonchev–Trinajstić information content (AvgIpc) is 2.66. The molecule has 1 aliphatic rings. The quantitative estimate of drug-likeness (QED) is 0.776. The van der Waals surface area contributed by atoms with E-state index in [-0.39, 0.29) is 12.0 Å². The Hall–Kier alpha value is -2.04. The lowest BCUT2D eigenvalue weighted by Gasteiger charge is -2.06. The molecule has 0 aromatic heterocycles. The fraction of sp³-hybridized carbons (Fsp3) is 0.273. The van der Waals surface area contributed by atoms with Crippen molar-refractivity contribution in [3.05, 3.63) is 35.9 Å². The van der Waals surface area contributed by atoms with Crippen LogP contribution in [0.2, 0.25) is 0 Å². The van der Waals surface area contributed by atoms with Gasteiger partial charge in [-0.2, -0.15) is 0 Å². The van der Waals surface area contributed by atoms with Crippen LogP contribution in [0, 0.1) is 0 Å². The second-order valence-electron chi connectivity index (χ2n) is 3.47. The second-order valence-corrected chi connectivity index (χ2v) is 3.47. The number of nitrogens with zero attached hydrogens (tertiary/aromatic N) is 1. The molecule has 0 saturated heterocycles. The molecule has 1 aromatic carbocycles. The molecule has 0 saturated carbocycles. The maximum atomic E-state index is 10.3. The molecule has 1 aromatic rings. The zero-order valence-corrected chi connectivity index (χ0v) is 8.50. The number of carboxylic acid groups (broad SMARTS) is 1. The maximum absolute atomic E-state index is 10.3. The van der Waals surface area contributed by atoms with Crippen molar-refractivity contribution in [1.29, 1.82) is 0 Å². The summed E-state index contributed by atoms with van der Waals surface area (Å²) < 4.78 is 4.42. The first-order chi connectivity index (χ1) is 7.74. The Morgan fingerprint density at radius 2 is 2.25 bits per heavy atom. The fourth-order valence-electron chi connectivity index (χ4n) is 1.55. The fourth-order valence-corrected chi connectivity index (χ4v) is 1.55. The summed E-state index contributed by atoms with van der Waals surface area (Å²) in [5, 5.41) is 12.0. The number of ether oxygens (including phenoxy) is 1. The number of hydrogen-bond acceptors (Lipinski definition) is 4. The molecule has 1 unspecified atom stereocenters. The van der Waals surface area contributed by atoms with Crippen LogP contribution in [-0.4, -0.2) is 23.3 Å². The Balaban J connectivity index is 1.85. The van der Waals surface area contributed by atoms with Crippen LogP contribution in [0.4, 0.5) is 4.79 Å². The molecular formula is C11H11NO4. The monoisotopic (exact) mass is 221 g/mol. The van der Waals surface area contributed by atoms with Gasteiger partial charge < -0.3 is 14.7 Å². The SMILES string of the molecule is O=C(O)OC1=NOC(Cc2ccccc2)C1. The van der Waals surface area contributed by atoms with Crippen molar-refractivity contribution in [3.8, 4) is 0 Å². The summed E-state index contributed by atoms with van der Waals surface area (Å²) in [6, 6.07) is 9.80. The van der Waals surface area contributed by atoms with Gasteiger partial charge in [0.1, 0.15) is 6.10 Å². The second kappa shape index (κ2) is 4.65. The first-order valence-corrected chi connectivity index (χ1v) is 4.91. The average molecular weight is 221 g/mol. The van der Waals surface area contributed by atoms with E-state index in [1.807, 2.05) is 30.3 Å². The molecule has 0 spiro atoms. The number of carbonyl (C=O) groups is 1. The van der Waals surface area contributed by atoms with E-state index in [9.17, 15) is 4.79 Å². The number of oxime groups is 1. The summed E-state index contributed by atoms with van der Waals surface area (Å²) in [4.78, 5) is 15.3. The van der Waals surface area contributed by atoms with Crippen molar-refractivity contribution in [2.45, 2.75) is 18.9 Å². The highest BCUT2D eigenvalue weighted by Crippen LogP contribution is 2.16. The van der Waals surface area contributed by atoms with Gasteiger partial charge in [0, 0.05) is 6.42 Å². The van der Waals surface area contributed by atoms with Crippen molar-refractivity contribution in [2.24, 2.45) is 5.16 Å². The highest BCUT2D eigenvalue weighted by molar-refractivity contribution is 5.85. The van der Waals surface area contributed by atoms with Crippen molar-refractivity contribution in [2.75, 3.05) is 0 Å². The Morgan fingerprint density at radius 3 is 2.94 bits per heavy atom. The Labute approximate surface area is 92.3 Å². The molecule has 0 amide bonds. The summed E-state index contributed by atoms with van der Waals surface area (Å²) in [7, 11) is 0. The molecule has 5 nitrogen and oxygen atoms in total. The number of hydrogen-bond donors (Lipinski definition) is 1. The van der Waals surface area contributed by atoms with E-state index in [4.69, 9.17) is 9.94 Å². The van der Waals surface area contributed by atoms with Crippen LogP contribution in [0.1, 0.15) is 12.0 Å². The van der Waals surface area contributed by atoms with Crippen LogP contribution in [0.5, 0.6) is 0 Å². The lowest BCUT2D eigenvalue weighted by Crippen LogP contribution is -2.14. The van der Waals surface area contributed by atoms with Gasteiger partial charge in [0.15, 0.2) is 0 Å². The van der Waals surface area contributed by atoms with Gasteiger partial charge in [-0.3, -0.25) is 0 Å². The van der Waals surface area contributed by atoms with Crippen LogP contribution in [0.25, 0.3) is 0 Å². The van der Waals surface area contributed by atoms with Crippen molar-refractivity contribution in [3.63, 3.8) is 0 Å². The molecule has 5 heteroatoms. The predicted octanol–water partition coefficient (Wildman–Crippen LogP) is 2.03. The molecule has 0 aliphatic carbocycles. The van der Waals surface area contributed by atoms with Gasteiger partial charge in [0.2, 0.25) is 5.90 Å². The van der Waals surface area contributed by atoms with E-state index in [0.29, 0.717) is 12.8 Å². The third-order valence-electron chi connectivity index (χ3n) is 2.22. The minimum absolute atomic E-state index is 0.119. The summed E-state index contributed by atoms with van der Waals surface area (Å²) in [5.41, 5.74) is 1.12. The van der Waals surface area contributed by atoms with E-state index in [1.165, 1.54) is 0 Å². The third kappa shape index (κ3) is 2.73. The Kier molecular flexibility index (Phi) is 3.05. The molecule has 0 radical (unpaired) electrons. The van der Waals surface area contributed by atoms with E-state index < -0.39 is 6.16 Å². The summed E-state index contributed by atoms with van der Waals surface area (Å²) >= 11 is 0. The first kappa shape index (κ1) is 10.5. The summed E-state index contributed by atoms with van der Waals surface area (Å²) in [5.74, 6) is 0.119. The maximum Gasteiger partial charge on any atom is 0.512 e. The van der Waals surface area contributed by atoms with Gasteiger partial charge >= 0.3 is 6.16 Å². The third-order valence-corrected chi connectivity index (χ3v) is 2.22. The molecule has 0 bridgehead atoms. The highest BCUT2D eigenvalue weighted by Gasteiger charge is 2.24. The van der Waals surface area contributed by atoms with E-state index in [2.05, 4.69) is 9.89 Å². The minimum Gasteiger partial charge on any atom is -0.449 e. The van der Waals surface area contributed by atoms with Crippen LogP contribution in [0.3, 0.4) is 0 Å². The van der Waals surface area contributed by atoms with Crippen LogP contribution in [0.15, 0.2) is 35.5 Å². The summed E-state index contributed by atoms with van der Waals surface area (Å²) in [6.07, 6.45) is -0.419. The normalized spacial score (nSPS) is 18.8. The van der Waals surface area contributed by atoms with Gasteiger partial charge in [-0.15, -0.1) is 0 Å². The molecular weight excluding hydrogens is 210 g/mol. The zero-order valence-electron chi connectivity index (χ0n) is 8.50. The van der Waals surface area contributed by atoms with E-state index in [1.54, 1.807) is 0 Å². The smallest absolute Gasteiger partial charge is 0.449 e. The molecule has 1 atom stereocenters. The standard InChI is InChI=1S/C11H11NO4/c13-11(14)15-10-7-9(16-12-10)6-8-4-2-1-3-5-8/h1-5,9H,6-7H2,(H,13,14). The summed E-state index contributed by atoms with van der Waals surface area (Å²) in [6.45, 7) is 0. The predicted molar refractivity (Wildman–Crippen MR) is 56.2 cm³/mol. The Morgan fingerprint density at radius 1 is 1.50 bits per heavy atom. The molecule has 16 heavy (non-hydrogen) atoms. The highest BCUT2D eigenvalue weighted by atomic mass is 16.7. The molecule has 0 fully saturated rings. The molecule has 1 N–H and O–H groups in total. The van der Waals surface area contributed by atoms with Gasteiger partial charge in [-0.1, -0.05) is 35.5 Å². The van der Waals surface area contributed by atoms with E-state index >= 15 is 0 Å². The Bertz CT molecular complexity index is 402. The minimum atomic E-state index is -1.36. The van der Waals surface area contributed by atoms with Gasteiger partial charge in [-0.25, -0.2) is 4.79 Å². The van der Waals surface area contributed by atoms with Crippen molar-refractivity contribution >= 4 is 12.1 Å². The lowest BCUT2D eigenvalue weighted by atomic mass is 10.1. The van der Waals surface area contributed by atoms with E-state index in [0.717, 1.165) is 5.56 Å². The first-order valence-electron chi connectivity index (χ1n) is 4.91. The molecule has 2 rings (SSSR count). The molecule has 1 heterocycles. The number of benzene rings is 1. The van der Waals surface area contributed by atoms with Crippen molar-refractivity contribution in [1.82, 2.24) is 0 Å². The molecule has 84 valence electrons. The van der Waals surface area contributed by atoms with Gasteiger partial charge in [0.05, 0.1) is 6.42 Å². The topological polar surface area (TPSA) is 68.1 Å². The van der Waals surface area contributed by atoms with Crippen LogP contribution in [-0.2, 0) is 16.0 Å². The largest absolute Gasteiger partial charge is 0.512 e.